The lowest BCUT2D eigenvalue weighted by atomic mass is 9.94. The van der Waals surface area contributed by atoms with Crippen LogP contribution >= 0.6 is 23.6 Å². The normalized spacial score (nSPS) is 16.2. The van der Waals surface area contributed by atoms with E-state index in [1.54, 1.807) is 23.5 Å². The van der Waals surface area contributed by atoms with Gasteiger partial charge in [-0.15, -0.1) is 11.3 Å². The standard InChI is InChI=1S/C25H21FN4OS2/c1-16-21(24-28-23(29-31-24)20-8-5-15-33-20)22(18-9-11-19(26)12-10-18)27-25(32)30(16)14-13-17-6-3-2-4-7-17/h2-12,15,22H,13-14H2,1H3,(H,27,32). The molecule has 0 amide bonds. The van der Waals surface area contributed by atoms with Crippen LogP contribution in [0.25, 0.3) is 16.3 Å². The third-order valence-corrected chi connectivity index (χ3v) is 6.87. The zero-order valence-corrected chi connectivity index (χ0v) is 19.5. The van der Waals surface area contributed by atoms with Gasteiger partial charge in [0.2, 0.25) is 5.82 Å². The topological polar surface area (TPSA) is 54.2 Å². The Labute approximate surface area is 200 Å². The van der Waals surface area contributed by atoms with Crippen molar-refractivity contribution in [2.75, 3.05) is 6.54 Å². The molecule has 1 aliphatic heterocycles. The molecule has 5 rings (SSSR count). The molecule has 4 aromatic rings. The average Bonchev–Trinajstić information content (AvgIpc) is 3.52. The second kappa shape index (κ2) is 9.25. The molecule has 0 aliphatic carbocycles. The van der Waals surface area contributed by atoms with Crippen molar-refractivity contribution in [2.24, 2.45) is 0 Å². The van der Waals surface area contributed by atoms with Gasteiger partial charge in [0, 0.05) is 12.2 Å². The van der Waals surface area contributed by atoms with Gasteiger partial charge >= 0.3 is 0 Å². The molecule has 0 spiro atoms. The third kappa shape index (κ3) is 4.44. The van der Waals surface area contributed by atoms with Crippen LogP contribution in [0.4, 0.5) is 4.39 Å². The van der Waals surface area contributed by atoms with E-state index in [9.17, 15) is 4.39 Å². The zero-order chi connectivity index (χ0) is 22.8. The number of aromatic nitrogens is 2. The Morgan fingerprint density at radius 2 is 1.88 bits per heavy atom. The molecule has 2 aromatic carbocycles. The van der Waals surface area contributed by atoms with Crippen LogP contribution in [0.5, 0.6) is 0 Å². The number of thiocarbonyl (C=S) groups is 1. The van der Waals surface area contributed by atoms with Crippen LogP contribution < -0.4 is 5.32 Å². The Bertz CT molecular complexity index is 1280. The summed E-state index contributed by atoms with van der Waals surface area (Å²) >= 11 is 7.29. The molecule has 0 bridgehead atoms. The summed E-state index contributed by atoms with van der Waals surface area (Å²) in [5.41, 5.74) is 3.86. The molecule has 1 unspecified atom stereocenters. The Morgan fingerprint density at radius 3 is 2.61 bits per heavy atom. The van der Waals surface area contributed by atoms with Gasteiger partial charge in [0.05, 0.1) is 16.5 Å². The fourth-order valence-electron chi connectivity index (χ4n) is 3.96. The summed E-state index contributed by atoms with van der Waals surface area (Å²) in [4.78, 5) is 7.68. The largest absolute Gasteiger partial charge is 0.351 e. The van der Waals surface area contributed by atoms with Gasteiger partial charge in [0.15, 0.2) is 5.11 Å². The molecule has 1 N–H and O–H groups in total. The number of nitrogens with one attached hydrogen (secondary N) is 1. The van der Waals surface area contributed by atoms with Crippen molar-refractivity contribution >= 4 is 34.2 Å². The number of rotatable bonds is 6. The van der Waals surface area contributed by atoms with Gasteiger partial charge in [-0.3, -0.25) is 0 Å². The molecule has 0 fully saturated rings. The third-order valence-electron chi connectivity index (χ3n) is 5.66. The molecule has 3 heterocycles. The Hall–Kier alpha value is -3.36. The molecular formula is C25H21FN4OS2. The number of allylic oxidation sites excluding steroid dienone is 1. The van der Waals surface area contributed by atoms with Gasteiger partial charge in [-0.2, -0.15) is 4.98 Å². The van der Waals surface area contributed by atoms with Crippen molar-refractivity contribution < 1.29 is 8.91 Å². The monoisotopic (exact) mass is 476 g/mol. The maximum atomic E-state index is 13.6. The summed E-state index contributed by atoms with van der Waals surface area (Å²) in [6.07, 6.45) is 0.832. The fourth-order valence-corrected chi connectivity index (χ4v) is 4.95. The predicted molar refractivity (Wildman–Crippen MR) is 132 cm³/mol. The van der Waals surface area contributed by atoms with Crippen molar-refractivity contribution in [1.82, 2.24) is 20.4 Å². The first-order valence-electron chi connectivity index (χ1n) is 10.6. The van der Waals surface area contributed by atoms with Gasteiger partial charge in [0.1, 0.15) is 5.82 Å². The van der Waals surface area contributed by atoms with Crippen LogP contribution in [0.15, 0.2) is 82.3 Å². The van der Waals surface area contributed by atoms with E-state index < -0.39 is 0 Å². The van der Waals surface area contributed by atoms with Crippen LogP contribution in [0.2, 0.25) is 0 Å². The van der Waals surface area contributed by atoms with Crippen LogP contribution in [0.1, 0.15) is 30.0 Å². The minimum absolute atomic E-state index is 0.290. The summed E-state index contributed by atoms with van der Waals surface area (Å²) in [5.74, 6) is 0.675. The lowest BCUT2D eigenvalue weighted by Crippen LogP contribution is -2.46. The molecule has 0 saturated carbocycles. The molecule has 8 heteroatoms. The first kappa shape index (κ1) is 21.5. The van der Waals surface area contributed by atoms with Crippen LogP contribution in [-0.2, 0) is 6.42 Å². The van der Waals surface area contributed by atoms with Crippen molar-refractivity contribution in [1.29, 1.82) is 0 Å². The smallest absolute Gasteiger partial charge is 0.258 e. The van der Waals surface area contributed by atoms with E-state index in [2.05, 4.69) is 32.5 Å². The van der Waals surface area contributed by atoms with Crippen molar-refractivity contribution in [2.45, 2.75) is 19.4 Å². The maximum Gasteiger partial charge on any atom is 0.258 e. The molecule has 33 heavy (non-hydrogen) atoms. The molecule has 1 atom stereocenters. The average molecular weight is 477 g/mol. The van der Waals surface area contributed by atoms with Gasteiger partial charge in [-0.1, -0.05) is 53.7 Å². The first-order chi connectivity index (χ1) is 16.1. The molecule has 0 saturated heterocycles. The molecule has 166 valence electrons. The summed E-state index contributed by atoms with van der Waals surface area (Å²) < 4.78 is 19.3. The molecule has 2 aromatic heterocycles. The zero-order valence-electron chi connectivity index (χ0n) is 17.9. The minimum atomic E-state index is -0.331. The highest BCUT2D eigenvalue weighted by Crippen LogP contribution is 2.37. The highest BCUT2D eigenvalue weighted by Gasteiger charge is 2.34. The van der Waals surface area contributed by atoms with E-state index in [0.717, 1.165) is 28.1 Å². The van der Waals surface area contributed by atoms with E-state index >= 15 is 0 Å². The fraction of sp³-hybridized carbons (Fsp3) is 0.160. The summed E-state index contributed by atoms with van der Waals surface area (Å²) in [6, 6.07) is 20.2. The quantitative estimate of drug-likeness (QED) is 0.353. The van der Waals surface area contributed by atoms with Crippen LogP contribution in [-0.4, -0.2) is 26.7 Å². The lowest BCUT2D eigenvalue weighted by Gasteiger charge is -2.37. The van der Waals surface area contributed by atoms with Gasteiger partial charge < -0.3 is 14.7 Å². The Kier molecular flexibility index (Phi) is 6.02. The van der Waals surface area contributed by atoms with E-state index in [1.165, 1.54) is 17.7 Å². The number of hydrogen-bond acceptors (Lipinski definition) is 5. The van der Waals surface area contributed by atoms with E-state index in [1.807, 2.05) is 42.6 Å². The number of nitrogens with zero attached hydrogens (tertiary/aromatic N) is 3. The Morgan fingerprint density at radius 1 is 1.09 bits per heavy atom. The van der Waals surface area contributed by atoms with Crippen LogP contribution in [0, 0.1) is 5.82 Å². The van der Waals surface area contributed by atoms with Gasteiger partial charge in [-0.25, -0.2) is 4.39 Å². The number of halogens is 1. The molecule has 5 nitrogen and oxygen atoms in total. The molecular weight excluding hydrogens is 455 g/mol. The van der Waals surface area contributed by atoms with Crippen LogP contribution in [0.3, 0.4) is 0 Å². The van der Waals surface area contributed by atoms with E-state index in [4.69, 9.17) is 16.7 Å². The lowest BCUT2D eigenvalue weighted by molar-refractivity contribution is 0.397. The summed E-state index contributed by atoms with van der Waals surface area (Å²) in [6.45, 7) is 2.71. The minimum Gasteiger partial charge on any atom is -0.351 e. The Balaban J connectivity index is 1.54. The van der Waals surface area contributed by atoms with Crippen molar-refractivity contribution in [3.8, 4) is 10.7 Å². The van der Waals surface area contributed by atoms with Crippen molar-refractivity contribution in [3.63, 3.8) is 0 Å². The van der Waals surface area contributed by atoms with Gasteiger partial charge in [0.25, 0.3) is 5.89 Å². The molecule has 1 aliphatic rings. The summed E-state index contributed by atoms with van der Waals surface area (Å²) in [7, 11) is 0. The number of thiophene rings is 1. The highest BCUT2D eigenvalue weighted by molar-refractivity contribution is 7.80. The van der Waals surface area contributed by atoms with Gasteiger partial charge in [-0.05, 0) is 60.3 Å². The SMILES string of the molecule is CC1=C(c2nc(-c3cccs3)no2)C(c2ccc(F)cc2)NC(=S)N1CCc1ccccc1. The number of benzene rings is 2. The van der Waals surface area contributed by atoms with E-state index in [0.29, 0.717) is 23.4 Å². The second-order valence-corrected chi connectivity index (χ2v) is 9.06. The number of hydrogen-bond donors (Lipinski definition) is 1. The first-order valence-corrected chi connectivity index (χ1v) is 11.8. The van der Waals surface area contributed by atoms with Crippen molar-refractivity contribution in [3.05, 3.63) is 101 Å². The molecule has 0 radical (unpaired) electrons. The highest BCUT2D eigenvalue weighted by atomic mass is 32.1. The second-order valence-electron chi connectivity index (χ2n) is 7.72. The summed E-state index contributed by atoms with van der Waals surface area (Å²) in [5, 5.41) is 10.2. The maximum absolute atomic E-state index is 13.6. The predicted octanol–water partition coefficient (Wildman–Crippen LogP) is 5.84. The van der Waals surface area contributed by atoms with E-state index in [-0.39, 0.29) is 11.9 Å².